The van der Waals surface area contributed by atoms with E-state index >= 15 is 0 Å². The van der Waals surface area contributed by atoms with E-state index in [2.05, 4.69) is 0 Å². The number of sulfonamides is 1. The summed E-state index contributed by atoms with van der Waals surface area (Å²) in [5, 5.41) is 4.84. The molecule has 0 radical (unpaired) electrons. The standard InChI is InChI=1S/C29H34N4O4S3/c1-4-15-31(16-5-2)40(35,36)25-14-9-11-22(19-25)27-23(21-33(30-27)24-12-7-6-8-13-24)20-26-28(34)32(29(38)39-26)17-10-18-37-3/h6-9,11-14,19-21H,4-5,10,15-18H2,1-3H3/b26-20-. The number of hydrogen-bond donors (Lipinski definition) is 0. The van der Waals surface area contributed by atoms with Crippen LogP contribution >= 0.6 is 24.0 Å². The summed E-state index contributed by atoms with van der Waals surface area (Å²) in [6.45, 7) is 5.88. The van der Waals surface area contributed by atoms with Crippen molar-refractivity contribution in [3.05, 3.63) is 71.3 Å². The molecule has 0 saturated carbocycles. The molecule has 1 aromatic heterocycles. The Balaban J connectivity index is 1.77. The number of carbonyl (C=O) groups is 1. The third kappa shape index (κ3) is 6.72. The molecule has 0 unspecified atom stereocenters. The highest BCUT2D eigenvalue weighted by Crippen LogP contribution is 2.35. The molecule has 1 saturated heterocycles. The van der Waals surface area contributed by atoms with Crippen LogP contribution in [0.15, 0.2) is 70.6 Å². The summed E-state index contributed by atoms with van der Waals surface area (Å²) in [5.41, 5.74) is 2.75. The number of amides is 1. The van der Waals surface area contributed by atoms with Crippen molar-refractivity contribution < 1.29 is 17.9 Å². The molecular formula is C29H34N4O4S3. The Labute approximate surface area is 246 Å². The predicted molar refractivity (Wildman–Crippen MR) is 165 cm³/mol. The molecule has 1 aliphatic heterocycles. The van der Waals surface area contributed by atoms with Gasteiger partial charge in [-0.3, -0.25) is 9.69 Å². The maximum Gasteiger partial charge on any atom is 0.266 e. The number of nitrogens with zero attached hydrogens (tertiary/aromatic N) is 4. The van der Waals surface area contributed by atoms with Crippen LogP contribution in [0.1, 0.15) is 38.7 Å². The monoisotopic (exact) mass is 598 g/mol. The number of hydrogen-bond acceptors (Lipinski definition) is 7. The van der Waals surface area contributed by atoms with Gasteiger partial charge in [0.25, 0.3) is 5.91 Å². The van der Waals surface area contributed by atoms with Crippen LogP contribution in [0.5, 0.6) is 0 Å². The van der Waals surface area contributed by atoms with Gasteiger partial charge in [-0.15, -0.1) is 0 Å². The first kappa shape index (κ1) is 30.1. The van der Waals surface area contributed by atoms with Gasteiger partial charge in [0.15, 0.2) is 0 Å². The summed E-state index contributed by atoms with van der Waals surface area (Å²) in [5.74, 6) is -0.157. The van der Waals surface area contributed by atoms with Crippen LogP contribution in [0, 0.1) is 0 Å². The first-order valence-corrected chi connectivity index (χ1v) is 16.0. The largest absolute Gasteiger partial charge is 0.385 e. The van der Waals surface area contributed by atoms with Crippen LogP contribution < -0.4 is 0 Å². The second-order valence-electron chi connectivity index (χ2n) is 9.32. The summed E-state index contributed by atoms with van der Waals surface area (Å²) >= 11 is 6.74. The van der Waals surface area contributed by atoms with Gasteiger partial charge in [0, 0.05) is 50.7 Å². The molecule has 2 heterocycles. The zero-order valence-electron chi connectivity index (χ0n) is 22.9. The van der Waals surface area contributed by atoms with Gasteiger partial charge in [0.05, 0.1) is 15.5 Å². The molecule has 3 aromatic rings. The third-order valence-electron chi connectivity index (χ3n) is 6.34. The normalized spacial score (nSPS) is 15.1. The van der Waals surface area contributed by atoms with Crippen molar-refractivity contribution in [2.24, 2.45) is 0 Å². The fraction of sp³-hybridized carbons (Fsp3) is 0.345. The number of rotatable bonds is 13. The minimum Gasteiger partial charge on any atom is -0.385 e. The molecule has 212 valence electrons. The van der Waals surface area contributed by atoms with E-state index in [1.54, 1.807) is 41.0 Å². The molecule has 0 N–H and O–H groups in total. The van der Waals surface area contributed by atoms with Crippen molar-refractivity contribution in [1.82, 2.24) is 19.0 Å². The highest BCUT2D eigenvalue weighted by Gasteiger charge is 2.32. The molecule has 40 heavy (non-hydrogen) atoms. The third-order valence-corrected chi connectivity index (χ3v) is 9.62. The molecular weight excluding hydrogens is 565 g/mol. The Kier molecular flexibility index (Phi) is 10.3. The van der Waals surface area contributed by atoms with Crippen molar-refractivity contribution in [3.63, 3.8) is 0 Å². The SMILES string of the molecule is CCCN(CCC)S(=O)(=O)c1cccc(-c2nn(-c3ccccc3)cc2/C=C2\SC(=S)N(CCCOC)C2=O)c1. The van der Waals surface area contributed by atoms with Gasteiger partial charge in [0.1, 0.15) is 10.0 Å². The number of benzene rings is 2. The van der Waals surface area contributed by atoms with Crippen molar-refractivity contribution in [2.45, 2.75) is 38.0 Å². The fourth-order valence-electron chi connectivity index (χ4n) is 4.44. The summed E-state index contributed by atoms with van der Waals surface area (Å²) in [4.78, 5) is 15.5. The van der Waals surface area contributed by atoms with Crippen LogP contribution in [0.3, 0.4) is 0 Å². The molecule has 2 aromatic carbocycles. The van der Waals surface area contributed by atoms with E-state index in [0.29, 0.717) is 58.7 Å². The molecule has 0 aliphatic carbocycles. The topological polar surface area (TPSA) is 84.7 Å². The molecule has 4 rings (SSSR count). The van der Waals surface area contributed by atoms with E-state index < -0.39 is 10.0 Å². The van der Waals surface area contributed by atoms with Gasteiger partial charge >= 0.3 is 0 Å². The summed E-state index contributed by atoms with van der Waals surface area (Å²) in [6.07, 6.45) is 5.78. The van der Waals surface area contributed by atoms with Crippen LogP contribution in [0.25, 0.3) is 23.0 Å². The lowest BCUT2D eigenvalue weighted by Crippen LogP contribution is -2.32. The van der Waals surface area contributed by atoms with E-state index in [-0.39, 0.29) is 10.8 Å². The lowest BCUT2D eigenvalue weighted by molar-refractivity contribution is -0.122. The Morgan fingerprint density at radius 1 is 1.07 bits per heavy atom. The van der Waals surface area contributed by atoms with Crippen molar-refractivity contribution in [1.29, 1.82) is 0 Å². The first-order chi connectivity index (χ1) is 19.3. The van der Waals surface area contributed by atoms with Gasteiger partial charge in [-0.1, -0.05) is 68.2 Å². The number of methoxy groups -OCH3 is 1. The Morgan fingerprint density at radius 2 is 1.80 bits per heavy atom. The Hall–Kier alpha value is -2.83. The number of thioether (sulfide) groups is 1. The average molecular weight is 599 g/mol. The average Bonchev–Trinajstić information content (AvgIpc) is 3.50. The smallest absolute Gasteiger partial charge is 0.266 e. The maximum absolute atomic E-state index is 13.5. The lowest BCUT2D eigenvalue weighted by Gasteiger charge is -2.21. The first-order valence-electron chi connectivity index (χ1n) is 13.3. The molecule has 1 amide bonds. The number of thiocarbonyl (C=S) groups is 1. The van der Waals surface area contributed by atoms with Crippen LogP contribution in [0.2, 0.25) is 0 Å². The number of aromatic nitrogens is 2. The Morgan fingerprint density at radius 3 is 2.48 bits per heavy atom. The van der Waals surface area contributed by atoms with E-state index in [0.717, 1.165) is 18.5 Å². The van der Waals surface area contributed by atoms with Crippen molar-refractivity contribution in [2.75, 3.05) is 33.4 Å². The number of carbonyl (C=O) groups excluding carboxylic acids is 1. The summed E-state index contributed by atoms with van der Waals surface area (Å²) < 4.78 is 35.9. The van der Waals surface area contributed by atoms with E-state index in [1.807, 2.05) is 56.4 Å². The van der Waals surface area contributed by atoms with Crippen LogP contribution in [-0.2, 0) is 19.6 Å². The van der Waals surface area contributed by atoms with E-state index in [9.17, 15) is 13.2 Å². The molecule has 1 aliphatic rings. The van der Waals surface area contributed by atoms with Crippen LogP contribution in [0.4, 0.5) is 0 Å². The van der Waals surface area contributed by atoms with Crippen molar-refractivity contribution in [3.8, 4) is 16.9 Å². The molecule has 1 fully saturated rings. The second kappa shape index (κ2) is 13.7. The molecule has 0 spiro atoms. The minimum atomic E-state index is -3.68. The lowest BCUT2D eigenvalue weighted by atomic mass is 10.1. The predicted octanol–water partition coefficient (Wildman–Crippen LogP) is 5.59. The molecule has 8 nitrogen and oxygen atoms in total. The zero-order chi connectivity index (χ0) is 28.7. The van der Waals surface area contributed by atoms with Gasteiger partial charge < -0.3 is 4.74 Å². The second-order valence-corrected chi connectivity index (χ2v) is 12.9. The number of ether oxygens (including phenoxy) is 1. The summed E-state index contributed by atoms with van der Waals surface area (Å²) in [7, 11) is -2.05. The van der Waals surface area contributed by atoms with Gasteiger partial charge in [-0.2, -0.15) is 9.40 Å². The van der Waals surface area contributed by atoms with Gasteiger partial charge in [-0.05, 0) is 49.6 Å². The highest BCUT2D eigenvalue weighted by atomic mass is 32.2. The minimum absolute atomic E-state index is 0.157. The molecule has 11 heteroatoms. The Bertz CT molecular complexity index is 1480. The number of para-hydroxylation sites is 1. The van der Waals surface area contributed by atoms with Gasteiger partial charge in [-0.25, -0.2) is 13.1 Å². The summed E-state index contributed by atoms with van der Waals surface area (Å²) in [6, 6.07) is 16.5. The van der Waals surface area contributed by atoms with E-state index in [4.69, 9.17) is 22.1 Å². The van der Waals surface area contributed by atoms with Crippen molar-refractivity contribution >= 4 is 50.3 Å². The van der Waals surface area contributed by atoms with Crippen LogP contribution in [-0.4, -0.2) is 71.0 Å². The highest BCUT2D eigenvalue weighted by molar-refractivity contribution is 8.26. The fourth-order valence-corrected chi connectivity index (χ4v) is 7.41. The van der Waals surface area contributed by atoms with E-state index in [1.165, 1.54) is 16.1 Å². The molecule has 0 bridgehead atoms. The molecule has 0 atom stereocenters. The maximum atomic E-state index is 13.5. The van der Waals surface area contributed by atoms with Gasteiger partial charge in [0.2, 0.25) is 10.0 Å². The quantitative estimate of drug-likeness (QED) is 0.144. The zero-order valence-corrected chi connectivity index (χ0v) is 25.4.